The Morgan fingerprint density at radius 1 is 1.36 bits per heavy atom. The highest BCUT2D eigenvalue weighted by Gasteiger charge is 2.56. The molecule has 3 unspecified atom stereocenters. The van der Waals surface area contributed by atoms with Gasteiger partial charge in [0.1, 0.15) is 17.8 Å². The maximum Gasteiger partial charge on any atom is 0.325 e. The van der Waals surface area contributed by atoms with Gasteiger partial charge in [0.05, 0.1) is 6.04 Å². The van der Waals surface area contributed by atoms with Gasteiger partial charge in [-0.05, 0) is 55.2 Å². The van der Waals surface area contributed by atoms with Crippen molar-refractivity contribution < 1.29 is 19.5 Å². The van der Waals surface area contributed by atoms with Crippen LogP contribution < -0.4 is 10.6 Å². The van der Waals surface area contributed by atoms with Gasteiger partial charge in [0.2, 0.25) is 5.91 Å². The van der Waals surface area contributed by atoms with Crippen LogP contribution in [0.25, 0.3) is 0 Å². The maximum atomic E-state index is 13.1. The lowest BCUT2D eigenvalue weighted by Crippen LogP contribution is -2.54. The van der Waals surface area contributed by atoms with Crippen LogP contribution in [0.4, 0.5) is 4.79 Å². The summed E-state index contributed by atoms with van der Waals surface area (Å²) in [7, 11) is 0. The highest BCUT2D eigenvalue weighted by molar-refractivity contribution is 6.09. The van der Waals surface area contributed by atoms with E-state index in [9.17, 15) is 19.5 Å². The number of hydrogen-bond donors (Lipinski definition) is 3. The number of rotatable bonds is 4. The largest absolute Gasteiger partial charge is 0.508 e. The van der Waals surface area contributed by atoms with Crippen LogP contribution >= 0.6 is 0 Å². The Labute approximate surface area is 165 Å². The Kier molecular flexibility index (Phi) is 5.12. The van der Waals surface area contributed by atoms with E-state index in [1.807, 2.05) is 0 Å². The Bertz CT molecular complexity index is 807. The number of urea groups is 1. The first-order valence-corrected chi connectivity index (χ1v) is 9.74. The molecule has 1 aromatic rings. The van der Waals surface area contributed by atoms with Gasteiger partial charge in [0.25, 0.3) is 5.91 Å². The van der Waals surface area contributed by atoms with Crippen molar-refractivity contribution in [3.63, 3.8) is 0 Å². The number of amides is 4. The molecule has 1 saturated heterocycles. The Morgan fingerprint density at radius 2 is 2.07 bits per heavy atom. The fourth-order valence-electron chi connectivity index (χ4n) is 4.96. The molecule has 1 aromatic carbocycles. The Hall–Kier alpha value is -2.57. The molecule has 7 heteroatoms. The van der Waals surface area contributed by atoms with E-state index in [-0.39, 0.29) is 29.7 Å². The third-order valence-corrected chi connectivity index (χ3v) is 5.67. The zero-order valence-electron chi connectivity index (χ0n) is 16.9. The molecule has 1 spiro atoms. The molecule has 3 atom stereocenters. The number of phenolic OH excluding ortho intramolecular Hbond substituents is 1. The number of hydrogen-bond acceptors (Lipinski definition) is 4. The molecule has 28 heavy (non-hydrogen) atoms. The van der Waals surface area contributed by atoms with E-state index in [1.165, 1.54) is 0 Å². The number of carbonyl (C=O) groups is 3. The molecular weight excluding hydrogens is 358 g/mol. The molecular formula is C21H29N3O4. The number of nitrogens with zero attached hydrogens (tertiary/aromatic N) is 1. The molecule has 1 aliphatic carbocycles. The summed E-state index contributed by atoms with van der Waals surface area (Å²) in [4.78, 5) is 39.1. The predicted molar refractivity (Wildman–Crippen MR) is 104 cm³/mol. The van der Waals surface area contributed by atoms with Crippen molar-refractivity contribution in [2.45, 2.75) is 58.5 Å². The number of aromatic hydroxyl groups is 1. The van der Waals surface area contributed by atoms with Crippen LogP contribution in [0.3, 0.4) is 0 Å². The van der Waals surface area contributed by atoms with Gasteiger partial charge >= 0.3 is 6.03 Å². The van der Waals surface area contributed by atoms with Crippen LogP contribution in [0.1, 0.15) is 58.6 Å². The summed E-state index contributed by atoms with van der Waals surface area (Å²) in [5.41, 5.74) is -0.220. The van der Waals surface area contributed by atoms with Crippen molar-refractivity contribution >= 4 is 17.8 Å². The van der Waals surface area contributed by atoms with Gasteiger partial charge in [-0.3, -0.25) is 14.5 Å². The zero-order chi connectivity index (χ0) is 20.7. The van der Waals surface area contributed by atoms with E-state index < -0.39 is 17.5 Å². The molecule has 0 bridgehead atoms. The molecule has 7 nitrogen and oxygen atoms in total. The van der Waals surface area contributed by atoms with Crippen molar-refractivity contribution in [1.82, 2.24) is 15.5 Å². The molecule has 152 valence electrons. The summed E-state index contributed by atoms with van der Waals surface area (Å²) < 4.78 is 0. The lowest BCUT2D eigenvalue weighted by Gasteiger charge is -2.43. The van der Waals surface area contributed by atoms with Crippen LogP contribution in [0.2, 0.25) is 0 Å². The normalized spacial score (nSPS) is 27.6. The van der Waals surface area contributed by atoms with Gasteiger partial charge in [-0.25, -0.2) is 4.79 Å². The topological polar surface area (TPSA) is 98.7 Å². The first kappa shape index (κ1) is 20.2. The molecule has 2 fully saturated rings. The zero-order valence-corrected chi connectivity index (χ0v) is 16.9. The molecule has 1 saturated carbocycles. The van der Waals surface area contributed by atoms with Crippen molar-refractivity contribution in [3.8, 4) is 5.75 Å². The number of nitrogens with one attached hydrogen (secondary N) is 2. The van der Waals surface area contributed by atoms with E-state index in [2.05, 4.69) is 31.4 Å². The van der Waals surface area contributed by atoms with Crippen molar-refractivity contribution in [2.75, 3.05) is 6.54 Å². The van der Waals surface area contributed by atoms with E-state index in [0.717, 1.165) is 16.9 Å². The number of carbonyl (C=O) groups excluding carboxylic acids is 3. The lowest BCUT2D eigenvalue weighted by atomic mass is 9.64. The standard InChI is InChI=1S/C21H29N3O4/c1-13-9-20(3,4)12-21(10-13)18(27)24(19(28)23-21)11-17(26)22-14(2)15-6-5-7-16(25)8-15/h5-8,13-14,25H,9-12H2,1-4H3,(H,22,26)(H,23,28). The number of imide groups is 1. The van der Waals surface area contributed by atoms with Crippen molar-refractivity contribution in [1.29, 1.82) is 0 Å². The summed E-state index contributed by atoms with van der Waals surface area (Å²) in [6.07, 6.45) is 2.17. The minimum Gasteiger partial charge on any atom is -0.508 e. The molecule has 1 heterocycles. The molecule has 2 aliphatic rings. The average Bonchev–Trinajstić information content (AvgIpc) is 2.76. The van der Waals surface area contributed by atoms with E-state index in [4.69, 9.17) is 0 Å². The van der Waals surface area contributed by atoms with Crippen LogP contribution in [0, 0.1) is 11.3 Å². The Morgan fingerprint density at radius 3 is 2.71 bits per heavy atom. The maximum absolute atomic E-state index is 13.1. The van der Waals surface area contributed by atoms with Crippen LogP contribution in [0.5, 0.6) is 5.75 Å². The van der Waals surface area contributed by atoms with E-state index in [0.29, 0.717) is 18.8 Å². The van der Waals surface area contributed by atoms with Gasteiger partial charge in [-0.2, -0.15) is 0 Å². The summed E-state index contributed by atoms with van der Waals surface area (Å²) in [6, 6.07) is 5.74. The van der Waals surface area contributed by atoms with Crippen LogP contribution in [-0.4, -0.2) is 39.9 Å². The van der Waals surface area contributed by atoms with Gasteiger partial charge in [0.15, 0.2) is 0 Å². The summed E-state index contributed by atoms with van der Waals surface area (Å²) in [5.74, 6) is -0.298. The molecule has 0 radical (unpaired) electrons. The predicted octanol–water partition coefficient (Wildman–Crippen LogP) is 2.71. The second kappa shape index (κ2) is 7.11. The number of phenols is 1. The smallest absolute Gasteiger partial charge is 0.325 e. The minimum absolute atomic E-state index is 0.0529. The average molecular weight is 387 g/mol. The van der Waals surface area contributed by atoms with Crippen molar-refractivity contribution in [3.05, 3.63) is 29.8 Å². The lowest BCUT2D eigenvalue weighted by molar-refractivity contribution is -0.137. The highest BCUT2D eigenvalue weighted by Crippen LogP contribution is 2.46. The molecule has 4 amide bonds. The third-order valence-electron chi connectivity index (χ3n) is 5.67. The number of benzene rings is 1. The van der Waals surface area contributed by atoms with Gasteiger partial charge in [-0.1, -0.05) is 32.9 Å². The fraction of sp³-hybridized carbons (Fsp3) is 0.571. The molecule has 1 aliphatic heterocycles. The third kappa shape index (κ3) is 3.98. The van der Waals surface area contributed by atoms with Crippen molar-refractivity contribution in [2.24, 2.45) is 11.3 Å². The second-order valence-electron chi connectivity index (χ2n) is 9.14. The summed E-state index contributed by atoms with van der Waals surface area (Å²) >= 11 is 0. The second-order valence-corrected chi connectivity index (χ2v) is 9.14. The van der Waals surface area contributed by atoms with Crippen LogP contribution in [-0.2, 0) is 9.59 Å². The van der Waals surface area contributed by atoms with E-state index >= 15 is 0 Å². The summed E-state index contributed by atoms with van der Waals surface area (Å²) in [6.45, 7) is 7.77. The first-order valence-electron chi connectivity index (χ1n) is 9.74. The Balaban J connectivity index is 1.68. The molecule has 0 aromatic heterocycles. The minimum atomic E-state index is -0.907. The fourth-order valence-corrected chi connectivity index (χ4v) is 4.96. The van der Waals surface area contributed by atoms with Crippen LogP contribution in [0.15, 0.2) is 24.3 Å². The van der Waals surface area contributed by atoms with Gasteiger partial charge in [-0.15, -0.1) is 0 Å². The SMILES string of the molecule is CC1CC(C)(C)CC2(C1)NC(=O)N(CC(=O)NC(C)c1cccc(O)c1)C2=O. The highest BCUT2D eigenvalue weighted by atomic mass is 16.3. The first-order chi connectivity index (χ1) is 13.0. The summed E-state index contributed by atoms with van der Waals surface area (Å²) in [5, 5.41) is 15.2. The molecule has 3 N–H and O–H groups in total. The quantitative estimate of drug-likeness (QED) is 0.692. The van der Waals surface area contributed by atoms with Gasteiger partial charge < -0.3 is 15.7 Å². The molecule has 3 rings (SSSR count). The van der Waals surface area contributed by atoms with E-state index in [1.54, 1.807) is 31.2 Å². The monoisotopic (exact) mass is 387 g/mol. The van der Waals surface area contributed by atoms with Gasteiger partial charge in [0, 0.05) is 0 Å².